The number of hydrogen-bond acceptors (Lipinski definition) is 4. The van der Waals surface area contributed by atoms with Crippen LogP contribution in [0.1, 0.15) is 6.92 Å². The molecular formula is C7H14O4. The topological polar surface area (TPSA) is 69.9 Å². The molecule has 0 aromatic heterocycles. The molecule has 4 atom stereocenters. The molecule has 4 heteroatoms. The normalized spacial score (nSPS) is 40.9. The Morgan fingerprint density at radius 1 is 1.64 bits per heavy atom. The predicted molar refractivity (Wildman–Crippen MR) is 38.0 cm³/mol. The van der Waals surface area contributed by atoms with Gasteiger partial charge in [0.15, 0.2) is 0 Å². The van der Waals surface area contributed by atoms with Crippen LogP contribution in [0.2, 0.25) is 0 Å². The Bertz CT molecular complexity index is 128. The molecule has 1 fully saturated rings. The standard InChI is InChI=1S/C7H14O4/c1-4-3-11-7(6(4)10)5(9)2-8/h4-10H,2-3H2,1H3/t4-,5?,6?,7-/m1/s1. The van der Waals surface area contributed by atoms with E-state index in [0.29, 0.717) is 6.61 Å². The molecule has 0 radical (unpaired) electrons. The number of aliphatic hydroxyl groups is 3. The zero-order valence-electron chi connectivity index (χ0n) is 6.47. The average molecular weight is 162 g/mol. The van der Waals surface area contributed by atoms with Gasteiger partial charge in [-0.25, -0.2) is 0 Å². The minimum Gasteiger partial charge on any atom is -0.394 e. The Balaban J connectivity index is 2.47. The molecule has 0 spiro atoms. The molecule has 0 aliphatic carbocycles. The van der Waals surface area contributed by atoms with E-state index in [-0.39, 0.29) is 12.5 Å². The molecule has 0 aromatic carbocycles. The van der Waals surface area contributed by atoms with E-state index in [1.54, 1.807) is 0 Å². The van der Waals surface area contributed by atoms with Crippen molar-refractivity contribution in [2.75, 3.05) is 13.2 Å². The Kier molecular flexibility index (Phi) is 2.84. The van der Waals surface area contributed by atoms with E-state index in [0.717, 1.165) is 0 Å². The molecule has 4 nitrogen and oxygen atoms in total. The van der Waals surface area contributed by atoms with Crippen molar-refractivity contribution in [2.24, 2.45) is 5.92 Å². The van der Waals surface area contributed by atoms with Crippen LogP contribution in [0, 0.1) is 5.92 Å². The molecule has 2 unspecified atom stereocenters. The number of hydrogen-bond donors (Lipinski definition) is 3. The van der Waals surface area contributed by atoms with Gasteiger partial charge in [-0.3, -0.25) is 0 Å². The first-order valence-corrected chi connectivity index (χ1v) is 3.75. The first kappa shape index (κ1) is 8.93. The van der Waals surface area contributed by atoms with Gasteiger partial charge in [0.25, 0.3) is 0 Å². The molecule has 66 valence electrons. The van der Waals surface area contributed by atoms with Gasteiger partial charge in [0.2, 0.25) is 0 Å². The van der Waals surface area contributed by atoms with Gasteiger partial charge in [-0.2, -0.15) is 0 Å². The van der Waals surface area contributed by atoms with Gasteiger partial charge in [0, 0.05) is 5.92 Å². The highest BCUT2D eigenvalue weighted by Gasteiger charge is 2.37. The van der Waals surface area contributed by atoms with E-state index >= 15 is 0 Å². The molecule has 1 heterocycles. The van der Waals surface area contributed by atoms with Gasteiger partial charge >= 0.3 is 0 Å². The largest absolute Gasteiger partial charge is 0.394 e. The minimum absolute atomic E-state index is 0.0428. The van der Waals surface area contributed by atoms with E-state index < -0.39 is 18.3 Å². The molecule has 0 amide bonds. The van der Waals surface area contributed by atoms with E-state index in [1.165, 1.54) is 0 Å². The van der Waals surface area contributed by atoms with E-state index in [9.17, 15) is 5.11 Å². The molecule has 0 aromatic rings. The van der Waals surface area contributed by atoms with Gasteiger partial charge in [-0.15, -0.1) is 0 Å². The molecule has 1 aliphatic rings. The van der Waals surface area contributed by atoms with Crippen molar-refractivity contribution in [1.82, 2.24) is 0 Å². The van der Waals surface area contributed by atoms with Crippen LogP contribution in [0.3, 0.4) is 0 Å². The maximum atomic E-state index is 9.36. The summed E-state index contributed by atoms with van der Waals surface area (Å²) in [5.74, 6) is 0.0428. The zero-order valence-corrected chi connectivity index (χ0v) is 6.47. The number of ether oxygens (including phenoxy) is 1. The Hall–Kier alpha value is -0.160. The van der Waals surface area contributed by atoms with E-state index in [4.69, 9.17) is 14.9 Å². The molecular weight excluding hydrogens is 148 g/mol. The fourth-order valence-electron chi connectivity index (χ4n) is 1.23. The summed E-state index contributed by atoms with van der Waals surface area (Å²) in [6, 6.07) is 0. The lowest BCUT2D eigenvalue weighted by molar-refractivity contribution is -0.0656. The molecule has 1 aliphatic heterocycles. The van der Waals surface area contributed by atoms with Crippen molar-refractivity contribution in [3.05, 3.63) is 0 Å². The molecule has 11 heavy (non-hydrogen) atoms. The monoisotopic (exact) mass is 162 g/mol. The van der Waals surface area contributed by atoms with Gasteiger partial charge in [0.1, 0.15) is 12.2 Å². The Morgan fingerprint density at radius 3 is 2.64 bits per heavy atom. The molecule has 1 rings (SSSR count). The lowest BCUT2D eigenvalue weighted by atomic mass is 10.0. The summed E-state index contributed by atoms with van der Waals surface area (Å²) in [5, 5.41) is 27.0. The third-order valence-electron chi connectivity index (χ3n) is 2.04. The third kappa shape index (κ3) is 1.70. The van der Waals surface area contributed by atoms with Crippen molar-refractivity contribution in [3.63, 3.8) is 0 Å². The predicted octanol–water partition coefficient (Wildman–Crippen LogP) is -1.26. The van der Waals surface area contributed by atoms with Crippen LogP contribution in [0.4, 0.5) is 0 Å². The molecule has 0 saturated carbocycles. The molecule has 3 N–H and O–H groups in total. The molecule has 0 bridgehead atoms. The minimum atomic E-state index is -0.963. The quantitative estimate of drug-likeness (QED) is 0.474. The lowest BCUT2D eigenvalue weighted by Crippen LogP contribution is -2.38. The van der Waals surface area contributed by atoms with Gasteiger partial charge in [0.05, 0.1) is 19.3 Å². The van der Waals surface area contributed by atoms with E-state index in [2.05, 4.69) is 0 Å². The van der Waals surface area contributed by atoms with Crippen LogP contribution in [0.25, 0.3) is 0 Å². The smallest absolute Gasteiger partial charge is 0.112 e. The SMILES string of the molecule is C[C@@H]1CO[C@H](C(O)CO)C1O. The van der Waals surface area contributed by atoms with Crippen molar-refractivity contribution in [2.45, 2.75) is 25.2 Å². The average Bonchev–Trinajstić information content (AvgIpc) is 2.32. The van der Waals surface area contributed by atoms with Crippen molar-refractivity contribution >= 4 is 0 Å². The summed E-state index contributed by atoms with van der Waals surface area (Å²) < 4.78 is 5.07. The summed E-state index contributed by atoms with van der Waals surface area (Å²) in [6.45, 7) is 1.92. The number of rotatable bonds is 2. The summed E-state index contributed by atoms with van der Waals surface area (Å²) in [6.07, 6.45) is -2.23. The third-order valence-corrected chi connectivity index (χ3v) is 2.04. The van der Waals surface area contributed by atoms with Gasteiger partial charge < -0.3 is 20.1 Å². The summed E-state index contributed by atoms with van der Waals surface area (Å²) in [5.41, 5.74) is 0. The van der Waals surface area contributed by atoms with Crippen LogP contribution < -0.4 is 0 Å². The zero-order chi connectivity index (χ0) is 8.43. The summed E-state index contributed by atoms with van der Waals surface area (Å²) in [4.78, 5) is 0. The summed E-state index contributed by atoms with van der Waals surface area (Å²) in [7, 11) is 0. The van der Waals surface area contributed by atoms with Crippen LogP contribution in [0.15, 0.2) is 0 Å². The second kappa shape index (κ2) is 3.49. The summed E-state index contributed by atoms with van der Waals surface area (Å²) >= 11 is 0. The number of aliphatic hydroxyl groups excluding tert-OH is 3. The molecule has 1 saturated heterocycles. The van der Waals surface area contributed by atoms with Crippen LogP contribution in [-0.4, -0.2) is 46.8 Å². The lowest BCUT2D eigenvalue weighted by Gasteiger charge is -2.19. The fraction of sp³-hybridized carbons (Fsp3) is 1.00. The Morgan fingerprint density at radius 2 is 2.27 bits per heavy atom. The van der Waals surface area contributed by atoms with Crippen molar-refractivity contribution in [3.8, 4) is 0 Å². The van der Waals surface area contributed by atoms with Crippen LogP contribution in [-0.2, 0) is 4.74 Å². The highest BCUT2D eigenvalue weighted by molar-refractivity contribution is 4.85. The van der Waals surface area contributed by atoms with E-state index in [1.807, 2.05) is 6.92 Å². The Labute approximate surface area is 65.4 Å². The van der Waals surface area contributed by atoms with Gasteiger partial charge in [-0.1, -0.05) is 6.92 Å². The fourth-order valence-corrected chi connectivity index (χ4v) is 1.23. The first-order valence-electron chi connectivity index (χ1n) is 3.75. The van der Waals surface area contributed by atoms with Crippen molar-refractivity contribution < 1.29 is 20.1 Å². The van der Waals surface area contributed by atoms with Crippen LogP contribution in [0.5, 0.6) is 0 Å². The highest BCUT2D eigenvalue weighted by Crippen LogP contribution is 2.21. The van der Waals surface area contributed by atoms with Gasteiger partial charge in [-0.05, 0) is 0 Å². The maximum absolute atomic E-state index is 9.36. The second-order valence-corrected chi connectivity index (χ2v) is 3.02. The highest BCUT2D eigenvalue weighted by atomic mass is 16.5. The van der Waals surface area contributed by atoms with Crippen molar-refractivity contribution in [1.29, 1.82) is 0 Å². The van der Waals surface area contributed by atoms with Crippen LogP contribution >= 0.6 is 0 Å². The first-order chi connectivity index (χ1) is 5.16. The maximum Gasteiger partial charge on any atom is 0.112 e. The second-order valence-electron chi connectivity index (χ2n) is 3.02.